The first kappa shape index (κ1) is 15.7. The van der Waals surface area contributed by atoms with Crippen LogP contribution in [0, 0.1) is 0 Å². The van der Waals surface area contributed by atoms with Crippen molar-refractivity contribution in [3.63, 3.8) is 0 Å². The fourth-order valence-electron chi connectivity index (χ4n) is 1.98. The zero-order valence-corrected chi connectivity index (χ0v) is 13.0. The van der Waals surface area contributed by atoms with E-state index in [9.17, 15) is 4.79 Å². The number of carbonyl (C=O) groups is 1. The van der Waals surface area contributed by atoms with E-state index in [4.69, 9.17) is 0 Å². The standard InChI is InChI=1S/C15H20N6O/c1-4-21(5-2)15-19-14(10-16-20-15)18-13-8-6-12(7-9-13)17-11(3)22/h6-10H,4-5H2,1-3H3,(H,17,22)(H,18,19,20). The average molecular weight is 300 g/mol. The number of aromatic nitrogens is 3. The number of nitrogens with zero attached hydrogens (tertiary/aromatic N) is 4. The molecule has 0 atom stereocenters. The van der Waals surface area contributed by atoms with Crippen LogP contribution in [0.25, 0.3) is 0 Å². The molecule has 1 aromatic heterocycles. The van der Waals surface area contributed by atoms with E-state index in [2.05, 4.69) is 25.8 Å². The Morgan fingerprint density at radius 3 is 2.36 bits per heavy atom. The van der Waals surface area contributed by atoms with E-state index >= 15 is 0 Å². The second-order valence-electron chi connectivity index (χ2n) is 4.70. The molecule has 0 saturated carbocycles. The van der Waals surface area contributed by atoms with Crippen molar-refractivity contribution in [1.82, 2.24) is 15.2 Å². The normalized spacial score (nSPS) is 10.1. The van der Waals surface area contributed by atoms with Crippen molar-refractivity contribution < 1.29 is 4.79 Å². The smallest absolute Gasteiger partial charge is 0.247 e. The van der Waals surface area contributed by atoms with Crippen LogP contribution in [-0.4, -0.2) is 34.2 Å². The second-order valence-corrected chi connectivity index (χ2v) is 4.70. The lowest BCUT2D eigenvalue weighted by molar-refractivity contribution is -0.114. The number of benzene rings is 1. The summed E-state index contributed by atoms with van der Waals surface area (Å²) >= 11 is 0. The van der Waals surface area contributed by atoms with Crippen LogP contribution in [0.3, 0.4) is 0 Å². The van der Waals surface area contributed by atoms with Crippen LogP contribution in [0.2, 0.25) is 0 Å². The lowest BCUT2D eigenvalue weighted by atomic mass is 10.3. The molecule has 2 N–H and O–H groups in total. The van der Waals surface area contributed by atoms with E-state index in [1.54, 1.807) is 6.20 Å². The van der Waals surface area contributed by atoms with Gasteiger partial charge >= 0.3 is 0 Å². The van der Waals surface area contributed by atoms with Gasteiger partial charge in [0.25, 0.3) is 0 Å². The highest BCUT2D eigenvalue weighted by molar-refractivity contribution is 5.88. The summed E-state index contributed by atoms with van der Waals surface area (Å²) in [6.07, 6.45) is 1.58. The van der Waals surface area contributed by atoms with Gasteiger partial charge in [0.05, 0.1) is 6.20 Å². The summed E-state index contributed by atoms with van der Waals surface area (Å²) in [5.74, 6) is 1.14. The number of carbonyl (C=O) groups excluding carboxylic acids is 1. The predicted octanol–water partition coefficient (Wildman–Crippen LogP) is 2.42. The SMILES string of the molecule is CCN(CC)c1nncc(Nc2ccc(NC(C)=O)cc2)n1. The molecule has 0 aliphatic rings. The summed E-state index contributed by atoms with van der Waals surface area (Å²) in [7, 11) is 0. The van der Waals surface area contributed by atoms with E-state index in [1.165, 1.54) is 6.92 Å². The lowest BCUT2D eigenvalue weighted by Crippen LogP contribution is -2.24. The van der Waals surface area contributed by atoms with Gasteiger partial charge in [-0.15, -0.1) is 5.10 Å². The summed E-state index contributed by atoms with van der Waals surface area (Å²) in [5, 5.41) is 13.9. The van der Waals surface area contributed by atoms with Crippen molar-refractivity contribution in [2.45, 2.75) is 20.8 Å². The molecule has 116 valence electrons. The Morgan fingerprint density at radius 1 is 1.14 bits per heavy atom. The van der Waals surface area contributed by atoms with Gasteiger partial charge in [-0.1, -0.05) is 0 Å². The zero-order valence-electron chi connectivity index (χ0n) is 13.0. The van der Waals surface area contributed by atoms with E-state index in [1.807, 2.05) is 43.0 Å². The summed E-state index contributed by atoms with van der Waals surface area (Å²) in [6, 6.07) is 7.38. The Morgan fingerprint density at radius 2 is 1.77 bits per heavy atom. The van der Waals surface area contributed by atoms with Crippen molar-refractivity contribution >= 4 is 29.0 Å². The molecular formula is C15H20N6O. The Kier molecular flexibility index (Phi) is 5.24. The van der Waals surface area contributed by atoms with Crippen LogP contribution in [-0.2, 0) is 4.79 Å². The van der Waals surface area contributed by atoms with Crippen molar-refractivity contribution in [2.75, 3.05) is 28.6 Å². The van der Waals surface area contributed by atoms with Gasteiger partial charge in [-0.3, -0.25) is 4.79 Å². The fourth-order valence-corrected chi connectivity index (χ4v) is 1.98. The van der Waals surface area contributed by atoms with Gasteiger partial charge < -0.3 is 15.5 Å². The first-order chi connectivity index (χ1) is 10.6. The molecule has 0 aliphatic carbocycles. The van der Waals surface area contributed by atoms with Crippen molar-refractivity contribution in [3.8, 4) is 0 Å². The van der Waals surface area contributed by atoms with Crippen LogP contribution in [0.4, 0.5) is 23.1 Å². The summed E-state index contributed by atoms with van der Waals surface area (Å²) in [6.45, 7) is 7.23. The average Bonchev–Trinajstić information content (AvgIpc) is 2.50. The van der Waals surface area contributed by atoms with Gasteiger partial charge in [-0.25, -0.2) is 0 Å². The van der Waals surface area contributed by atoms with Gasteiger partial charge in [-0.05, 0) is 38.1 Å². The van der Waals surface area contributed by atoms with Crippen LogP contribution in [0.15, 0.2) is 30.5 Å². The van der Waals surface area contributed by atoms with Crippen LogP contribution in [0.1, 0.15) is 20.8 Å². The number of rotatable bonds is 6. The van der Waals surface area contributed by atoms with Crippen molar-refractivity contribution in [2.24, 2.45) is 0 Å². The van der Waals surface area contributed by atoms with E-state index in [0.29, 0.717) is 11.8 Å². The molecular weight excluding hydrogens is 280 g/mol. The second kappa shape index (κ2) is 7.35. The minimum atomic E-state index is -0.0930. The molecule has 0 fully saturated rings. The van der Waals surface area contributed by atoms with Crippen LogP contribution in [0.5, 0.6) is 0 Å². The molecule has 0 aliphatic heterocycles. The minimum absolute atomic E-state index is 0.0930. The Bertz CT molecular complexity index is 624. The molecule has 22 heavy (non-hydrogen) atoms. The first-order valence-corrected chi connectivity index (χ1v) is 7.21. The molecule has 2 aromatic rings. The fraction of sp³-hybridized carbons (Fsp3) is 0.333. The number of anilines is 4. The maximum absolute atomic E-state index is 11.0. The third kappa shape index (κ3) is 4.15. The maximum Gasteiger partial charge on any atom is 0.247 e. The third-order valence-electron chi connectivity index (χ3n) is 3.07. The maximum atomic E-state index is 11.0. The largest absolute Gasteiger partial charge is 0.340 e. The molecule has 0 unspecified atom stereocenters. The monoisotopic (exact) mass is 300 g/mol. The topological polar surface area (TPSA) is 83.0 Å². The highest BCUT2D eigenvalue weighted by Crippen LogP contribution is 2.18. The third-order valence-corrected chi connectivity index (χ3v) is 3.07. The number of nitrogens with one attached hydrogen (secondary N) is 2. The van der Waals surface area contributed by atoms with Crippen LogP contribution < -0.4 is 15.5 Å². The first-order valence-electron chi connectivity index (χ1n) is 7.21. The molecule has 0 radical (unpaired) electrons. The van der Waals surface area contributed by atoms with Crippen molar-refractivity contribution in [1.29, 1.82) is 0 Å². The van der Waals surface area contributed by atoms with Gasteiger partial charge in [0, 0.05) is 31.4 Å². The van der Waals surface area contributed by atoms with E-state index in [-0.39, 0.29) is 5.91 Å². The molecule has 1 aromatic carbocycles. The Balaban J connectivity index is 2.10. The van der Waals surface area contributed by atoms with Gasteiger partial charge in [0.2, 0.25) is 11.9 Å². The molecule has 7 heteroatoms. The van der Waals surface area contributed by atoms with E-state index < -0.39 is 0 Å². The number of hydrogen-bond donors (Lipinski definition) is 2. The lowest BCUT2D eigenvalue weighted by Gasteiger charge is -2.18. The van der Waals surface area contributed by atoms with Gasteiger partial charge in [0.1, 0.15) is 0 Å². The Hall–Kier alpha value is -2.70. The van der Waals surface area contributed by atoms with Gasteiger partial charge in [-0.2, -0.15) is 10.1 Å². The van der Waals surface area contributed by atoms with Crippen molar-refractivity contribution in [3.05, 3.63) is 30.5 Å². The summed E-state index contributed by atoms with van der Waals surface area (Å²) in [5.41, 5.74) is 1.61. The highest BCUT2D eigenvalue weighted by Gasteiger charge is 2.07. The molecule has 0 bridgehead atoms. The van der Waals surface area contributed by atoms with Crippen LogP contribution >= 0.6 is 0 Å². The molecule has 2 rings (SSSR count). The Labute approximate surface area is 129 Å². The zero-order chi connectivity index (χ0) is 15.9. The predicted molar refractivity (Wildman–Crippen MR) is 87.4 cm³/mol. The highest BCUT2D eigenvalue weighted by atomic mass is 16.1. The minimum Gasteiger partial charge on any atom is -0.340 e. The molecule has 7 nitrogen and oxygen atoms in total. The summed E-state index contributed by atoms with van der Waals surface area (Å²) in [4.78, 5) is 17.5. The quantitative estimate of drug-likeness (QED) is 0.852. The van der Waals surface area contributed by atoms with Gasteiger partial charge in [0.15, 0.2) is 5.82 Å². The molecule has 0 spiro atoms. The molecule has 1 heterocycles. The number of hydrogen-bond acceptors (Lipinski definition) is 6. The molecule has 1 amide bonds. The van der Waals surface area contributed by atoms with E-state index in [0.717, 1.165) is 24.5 Å². The number of amides is 1. The molecule has 0 saturated heterocycles. The summed E-state index contributed by atoms with van der Waals surface area (Å²) < 4.78 is 0.